The Morgan fingerprint density at radius 3 is 2.12 bits per heavy atom. The Labute approximate surface area is 390 Å². The zero-order valence-corrected chi connectivity index (χ0v) is 36.5. The number of nitrogens with zero attached hydrogens (tertiary/aromatic N) is 7. The van der Waals surface area contributed by atoms with Crippen molar-refractivity contribution in [2.75, 3.05) is 49.2 Å². The van der Waals surface area contributed by atoms with E-state index in [1.165, 1.54) is 24.3 Å². The summed E-state index contributed by atoms with van der Waals surface area (Å²) in [5, 5.41) is 21.4. The van der Waals surface area contributed by atoms with Crippen molar-refractivity contribution in [2.45, 2.75) is 36.3 Å². The largest absolute Gasteiger partial charge is 0.491 e. The number of amides is 3. The van der Waals surface area contributed by atoms with Crippen molar-refractivity contribution in [2.24, 2.45) is 5.92 Å². The maximum atomic E-state index is 16.4. The number of imide groups is 1. The highest BCUT2D eigenvalue weighted by Gasteiger charge is 2.76. The molecular formula is C51H45N7O10. The maximum absolute atomic E-state index is 16.4. The number of fused-ring (bicyclic) bond motifs is 3. The van der Waals surface area contributed by atoms with Crippen LogP contribution in [0, 0.1) is 16.0 Å². The third-order valence-electron chi connectivity index (χ3n) is 13.3. The summed E-state index contributed by atoms with van der Waals surface area (Å²) in [4.78, 5) is 88.8. The molecule has 17 nitrogen and oxygen atoms in total. The SMILES string of the molecule is O=C1O[C@@H](c2ccccc2)[C@@H](c2ccccc2)N2[C@@H](c3ccccc3OCCO)[C@]3(C(=O)N(C(=O)OCc4ccc([N+](=O)[O-])cc4)c4ccccc43)[C@@H](C(=O)N3CCN(c4ncccn4)CC3)[C@H]12. The van der Waals surface area contributed by atoms with Crippen LogP contribution in [0.4, 0.5) is 22.1 Å². The fourth-order valence-electron chi connectivity index (χ4n) is 10.5. The highest BCUT2D eigenvalue weighted by Crippen LogP contribution is 2.66. The number of aliphatic hydroxyl groups excluding tert-OH is 1. The molecule has 1 N–H and O–H groups in total. The number of esters is 1. The molecule has 0 bridgehead atoms. The van der Waals surface area contributed by atoms with E-state index in [2.05, 4.69) is 9.97 Å². The average molecular weight is 916 g/mol. The number of aromatic nitrogens is 2. The van der Waals surface area contributed by atoms with E-state index in [9.17, 15) is 20.0 Å². The smallest absolute Gasteiger partial charge is 0.421 e. The van der Waals surface area contributed by atoms with Crippen molar-refractivity contribution in [1.82, 2.24) is 19.8 Å². The zero-order valence-electron chi connectivity index (χ0n) is 36.5. The van der Waals surface area contributed by atoms with Gasteiger partial charge in [-0.05, 0) is 52.6 Å². The van der Waals surface area contributed by atoms with Gasteiger partial charge in [-0.15, -0.1) is 0 Å². The number of cyclic esters (lactones) is 1. The quantitative estimate of drug-likeness (QED) is 0.0888. The number of ether oxygens (including phenoxy) is 3. The fourth-order valence-corrected chi connectivity index (χ4v) is 10.5. The van der Waals surface area contributed by atoms with Gasteiger partial charge in [0.25, 0.3) is 5.69 Å². The molecule has 68 heavy (non-hydrogen) atoms. The van der Waals surface area contributed by atoms with Gasteiger partial charge in [-0.2, -0.15) is 0 Å². The van der Waals surface area contributed by atoms with Gasteiger partial charge in [-0.25, -0.2) is 19.7 Å². The number of hydrogen-bond donors (Lipinski definition) is 1. The lowest BCUT2D eigenvalue weighted by Gasteiger charge is -2.46. The van der Waals surface area contributed by atoms with Crippen molar-refractivity contribution in [3.63, 3.8) is 0 Å². The first kappa shape index (κ1) is 43.9. The van der Waals surface area contributed by atoms with E-state index in [1.54, 1.807) is 71.9 Å². The van der Waals surface area contributed by atoms with E-state index in [0.29, 0.717) is 47.0 Å². The summed E-state index contributed by atoms with van der Waals surface area (Å²) >= 11 is 0. The molecular weight excluding hydrogens is 871 g/mol. The minimum atomic E-state index is -2.04. The molecule has 0 radical (unpaired) electrons. The molecule has 1 spiro atoms. The first-order chi connectivity index (χ1) is 33.2. The second kappa shape index (κ2) is 18.3. The van der Waals surface area contributed by atoms with Gasteiger partial charge in [-0.3, -0.25) is 29.4 Å². The number of non-ortho nitro benzene ring substituents is 1. The highest BCUT2D eigenvalue weighted by molar-refractivity contribution is 6.23. The first-order valence-electron chi connectivity index (χ1n) is 22.3. The van der Waals surface area contributed by atoms with E-state index in [1.807, 2.05) is 70.5 Å². The van der Waals surface area contributed by atoms with Crippen molar-refractivity contribution in [3.05, 3.63) is 190 Å². The molecule has 17 heteroatoms. The van der Waals surface area contributed by atoms with Crippen LogP contribution in [0.5, 0.6) is 5.75 Å². The lowest BCUT2D eigenvalue weighted by atomic mass is 9.65. The average Bonchev–Trinajstić information content (AvgIpc) is 3.84. The monoisotopic (exact) mass is 915 g/mol. The number of carbonyl (C=O) groups is 4. The lowest BCUT2D eigenvalue weighted by molar-refractivity contribution is -0.384. The Morgan fingerprint density at radius 1 is 0.779 bits per heavy atom. The second-order valence-corrected chi connectivity index (χ2v) is 16.9. The van der Waals surface area contributed by atoms with Crippen molar-refractivity contribution < 1.29 is 43.4 Å². The zero-order chi connectivity index (χ0) is 46.9. The molecule has 3 amide bonds. The highest BCUT2D eigenvalue weighted by atomic mass is 16.6. The molecule has 3 fully saturated rings. The number of morpholine rings is 1. The number of piperazine rings is 1. The molecule has 0 saturated carbocycles. The standard InChI is InChI=1S/C51H45N7O10/c59-30-31-66-40-19-10-7-16-37(40)45-51(38-17-8-9-18-39(38)56(48(51)62)50(63)67-32-33-20-22-36(23-21-33)58(64)65)41(46(60)54-26-28-55(29-27-54)49-52-24-11-25-53-49)43-47(61)68-44(35-14-5-2-6-15-35)42(57(43)45)34-12-3-1-4-13-34/h1-25,41-45,59H,26-32H2/t41-,42-,43-,44+,45+,51-/m1/s1. The Balaban J connectivity index is 1.18. The molecule has 4 aliphatic rings. The number of anilines is 2. The van der Waals surface area contributed by atoms with E-state index < -0.39 is 64.4 Å². The number of nitro benzene ring substituents is 1. The van der Waals surface area contributed by atoms with Gasteiger partial charge in [0.1, 0.15) is 36.5 Å². The van der Waals surface area contributed by atoms with Crippen LogP contribution >= 0.6 is 0 Å². The maximum Gasteiger partial charge on any atom is 0.421 e. The van der Waals surface area contributed by atoms with Crippen LogP contribution in [0.15, 0.2) is 152 Å². The summed E-state index contributed by atoms with van der Waals surface area (Å²) in [5.41, 5.74) is 0.532. The van der Waals surface area contributed by atoms with Crippen LogP contribution in [-0.4, -0.2) is 99.1 Å². The van der Waals surface area contributed by atoms with E-state index in [0.717, 1.165) is 10.5 Å². The molecule has 344 valence electrons. The molecule has 6 aromatic rings. The summed E-state index contributed by atoms with van der Waals surface area (Å²) < 4.78 is 18.7. The Morgan fingerprint density at radius 2 is 1.43 bits per heavy atom. The number of benzene rings is 5. The third-order valence-corrected chi connectivity index (χ3v) is 13.3. The molecule has 0 unspecified atom stereocenters. The fraction of sp³-hybridized carbons (Fsp3) is 0.255. The number of hydrogen-bond acceptors (Lipinski definition) is 14. The van der Waals surface area contributed by atoms with Crippen LogP contribution < -0.4 is 14.5 Å². The van der Waals surface area contributed by atoms with Crippen LogP contribution in [0.1, 0.15) is 46.0 Å². The lowest BCUT2D eigenvalue weighted by Crippen LogP contribution is -2.59. The summed E-state index contributed by atoms with van der Waals surface area (Å²) in [6, 6.07) is 36.3. The first-order valence-corrected chi connectivity index (χ1v) is 22.3. The van der Waals surface area contributed by atoms with E-state index in [4.69, 9.17) is 14.2 Å². The molecule has 6 atom stereocenters. The van der Waals surface area contributed by atoms with Crippen molar-refractivity contribution in [3.8, 4) is 5.75 Å². The van der Waals surface area contributed by atoms with Crippen LogP contribution in [0.2, 0.25) is 0 Å². The Hall–Kier alpha value is -8.02. The third kappa shape index (κ3) is 7.45. The second-order valence-electron chi connectivity index (χ2n) is 16.9. The van der Waals surface area contributed by atoms with Gasteiger partial charge >= 0.3 is 12.1 Å². The number of aliphatic hydroxyl groups is 1. The van der Waals surface area contributed by atoms with Gasteiger partial charge in [-0.1, -0.05) is 97.1 Å². The number of rotatable bonds is 11. The molecule has 1 aromatic heterocycles. The minimum absolute atomic E-state index is 0.111. The molecule has 5 aromatic carbocycles. The number of carbonyl (C=O) groups excluding carboxylic acids is 4. The van der Waals surface area contributed by atoms with Crippen LogP contribution in [0.25, 0.3) is 0 Å². The predicted molar refractivity (Wildman–Crippen MR) is 245 cm³/mol. The van der Waals surface area contributed by atoms with Crippen LogP contribution in [-0.2, 0) is 35.9 Å². The molecule has 4 aliphatic heterocycles. The van der Waals surface area contributed by atoms with Crippen LogP contribution in [0.3, 0.4) is 0 Å². The predicted octanol–water partition coefficient (Wildman–Crippen LogP) is 6.11. The molecule has 3 saturated heterocycles. The minimum Gasteiger partial charge on any atom is -0.491 e. The van der Waals surface area contributed by atoms with Gasteiger partial charge in [0.05, 0.1) is 35.2 Å². The summed E-state index contributed by atoms with van der Waals surface area (Å²) in [6.45, 7) is 0.303. The normalized spacial score (nSPS) is 23.2. The van der Waals surface area contributed by atoms with E-state index >= 15 is 14.4 Å². The van der Waals surface area contributed by atoms with Crippen molar-refractivity contribution in [1.29, 1.82) is 0 Å². The molecule has 0 aliphatic carbocycles. The summed E-state index contributed by atoms with van der Waals surface area (Å²) in [6.07, 6.45) is 1.29. The van der Waals surface area contributed by atoms with E-state index in [-0.39, 0.29) is 44.3 Å². The van der Waals surface area contributed by atoms with Gasteiger partial charge in [0.2, 0.25) is 17.8 Å². The summed E-state index contributed by atoms with van der Waals surface area (Å²) in [5.74, 6) is -2.76. The van der Waals surface area contributed by atoms with Crippen molar-refractivity contribution >= 4 is 41.2 Å². The van der Waals surface area contributed by atoms with Gasteiger partial charge < -0.3 is 29.1 Å². The Bertz CT molecular complexity index is 2850. The molecule has 10 rings (SSSR count). The van der Waals surface area contributed by atoms with Gasteiger partial charge in [0, 0.05) is 56.3 Å². The molecule has 5 heterocycles. The number of nitro groups is 1. The van der Waals surface area contributed by atoms with Gasteiger partial charge in [0.15, 0.2) is 0 Å². The number of para-hydroxylation sites is 2. The topological polar surface area (TPSA) is 198 Å². The summed E-state index contributed by atoms with van der Waals surface area (Å²) in [7, 11) is 0. The Kier molecular flexibility index (Phi) is 11.8.